The molecule has 0 saturated heterocycles. The Morgan fingerprint density at radius 1 is 1.10 bits per heavy atom. The summed E-state index contributed by atoms with van der Waals surface area (Å²) in [6.45, 7) is 0. The second-order valence-electron chi connectivity index (χ2n) is 4.90. The van der Waals surface area contributed by atoms with Crippen LogP contribution < -0.4 is 4.90 Å². The summed E-state index contributed by atoms with van der Waals surface area (Å²) in [6, 6.07) is 14.8. The van der Waals surface area contributed by atoms with Crippen LogP contribution >= 0.6 is 0 Å². The zero-order chi connectivity index (χ0) is 14.8. The van der Waals surface area contributed by atoms with E-state index in [0.717, 1.165) is 16.9 Å². The highest BCUT2D eigenvalue weighted by molar-refractivity contribution is 6.04. The van der Waals surface area contributed by atoms with E-state index in [1.54, 1.807) is 17.0 Å². The Morgan fingerprint density at radius 2 is 1.86 bits per heavy atom. The number of carbonyl (C=O) groups is 2. The summed E-state index contributed by atoms with van der Waals surface area (Å²) in [7, 11) is 1.35. The first-order valence-electron chi connectivity index (χ1n) is 6.80. The molecule has 0 atom stereocenters. The summed E-state index contributed by atoms with van der Waals surface area (Å²) in [5.41, 5.74) is 3.09. The van der Waals surface area contributed by atoms with E-state index in [9.17, 15) is 9.59 Å². The van der Waals surface area contributed by atoms with E-state index in [0.29, 0.717) is 18.4 Å². The van der Waals surface area contributed by atoms with Crippen molar-refractivity contribution in [2.45, 2.75) is 12.8 Å². The van der Waals surface area contributed by atoms with Crippen LogP contribution in [0.4, 0.5) is 11.4 Å². The van der Waals surface area contributed by atoms with Crippen molar-refractivity contribution in [3.05, 3.63) is 59.7 Å². The van der Waals surface area contributed by atoms with Gasteiger partial charge in [-0.25, -0.2) is 4.79 Å². The van der Waals surface area contributed by atoms with Crippen molar-refractivity contribution >= 4 is 23.3 Å². The number of rotatable bonds is 2. The Balaban J connectivity index is 2.11. The smallest absolute Gasteiger partial charge is 0.337 e. The summed E-state index contributed by atoms with van der Waals surface area (Å²) >= 11 is 0. The van der Waals surface area contributed by atoms with Crippen LogP contribution in [-0.4, -0.2) is 19.0 Å². The predicted octanol–water partition coefficient (Wildman–Crippen LogP) is 3.08. The lowest BCUT2D eigenvalue weighted by Crippen LogP contribution is -2.31. The Bertz CT molecular complexity index is 694. The van der Waals surface area contributed by atoms with Crippen LogP contribution in [0.3, 0.4) is 0 Å². The van der Waals surface area contributed by atoms with Crippen molar-refractivity contribution in [1.82, 2.24) is 0 Å². The van der Waals surface area contributed by atoms with E-state index in [-0.39, 0.29) is 5.91 Å². The van der Waals surface area contributed by atoms with Crippen LogP contribution in [0.2, 0.25) is 0 Å². The van der Waals surface area contributed by atoms with E-state index < -0.39 is 5.97 Å². The van der Waals surface area contributed by atoms with Gasteiger partial charge in [0.05, 0.1) is 18.4 Å². The maximum atomic E-state index is 12.3. The molecule has 0 N–H and O–H groups in total. The van der Waals surface area contributed by atoms with Gasteiger partial charge in [0, 0.05) is 12.1 Å². The third kappa shape index (κ3) is 2.40. The molecule has 0 aromatic heterocycles. The molecule has 0 aliphatic carbocycles. The van der Waals surface area contributed by atoms with E-state index in [2.05, 4.69) is 0 Å². The molecule has 0 radical (unpaired) electrons. The summed E-state index contributed by atoms with van der Waals surface area (Å²) in [5, 5.41) is 0. The van der Waals surface area contributed by atoms with Gasteiger partial charge >= 0.3 is 5.97 Å². The molecule has 0 fully saturated rings. The van der Waals surface area contributed by atoms with Gasteiger partial charge in [0.25, 0.3) is 0 Å². The van der Waals surface area contributed by atoms with Gasteiger partial charge in [-0.1, -0.05) is 24.3 Å². The van der Waals surface area contributed by atoms with E-state index >= 15 is 0 Å². The van der Waals surface area contributed by atoms with Gasteiger partial charge in [-0.05, 0) is 36.2 Å². The number of nitrogens with zero attached hydrogens (tertiary/aromatic N) is 1. The normalized spacial score (nSPS) is 13.8. The van der Waals surface area contributed by atoms with Crippen molar-refractivity contribution in [3.63, 3.8) is 0 Å². The molecule has 106 valence electrons. The maximum absolute atomic E-state index is 12.3. The lowest BCUT2D eigenvalue weighted by molar-refractivity contribution is -0.118. The predicted molar refractivity (Wildman–Crippen MR) is 79.7 cm³/mol. The minimum Gasteiger partial charge on any atom is -0.465 e. The average Bonchev–Trinajstić information content (AvgIpc) is 2.54. The lowest BCUT2D eigenvalue weighted by Gasteiger charge is -2.29. The number of esters is 1. The van der Waals surface area contributed by atoms with Gasteiger partial charge in [0.1, 0.15) is 0 Å². The van der Waals surface area contributed by atoms with Crippen molar-refractivity contribution in [2.75, 3.05) is 12.0 Å². The third-order valence-corrected chi connectivity index (χ3v) is 3.62. The first-order chi connectivity index (χ1) is 10.2. The van der Waals surface area contributed by atoms with Crippen LogP contribution in [-0.2, 0) is 16.0 Å². The Labute approximate surface area is 123 Å². The monoisotopic (exact) mass is 281 g/mol. The summed E-state index contributed by atoms with van der Waals surface area (Å²) < 4.78 is 4.75. The fourth-order valence-electron chi connectivity index (χ4n) is 2.58. The number of aryl methyl sites for hydroxylation is 1. The Kier molecular flexibility index (Phi) is 3.44. The zero-order valence-electron chi connectivity index (χ0n) is 11.7. The third-order valence-electron chi connectivity index (χ3n) is 3.62. The molecule has 0 bridgehead atoms. The van der Waals surface area contributed by atoms with E-state index in [1.165, 1.54) is 7.11 Å². The van der Waals surface area contributed by atoms with Crippen LogP contribution in [0.15, 0.2) is 48.5 Å². The van der Waals surface area contributed by atoms with Gasteiger partial charge in [0.2, 0.25) is 5.91 Å². The maximum Gasteiger partial charge on any atom is 0.337 e. The number of hydrogen-bond acceptors (Lipinski definition) is 3. The quantitative estimate of drug-likeness (QED) is 0.795. The number of carbonyl (C=O) groups excluding carboxylic acids is 2. The van der Waals surface area contributed by atoms with E-state index in [1.807, 2.05) is 36.4 Å². The van der Waals surface area contributed by atoms with Crippen LogP contribution in [0.1, 0.15) is 22.3 Å². The molecule has 4 heteroatoms. The molecular weight excluding hydrogens is 266 g/mol. The molecule has 0 saturated carbocycles. The zero-order valence-corrected chi connectivity index (χ0v) is 11.7. The summed E-state index contributed by atoms with van der Waals surface area (Å²) in [4.78, 5) is 25.7. The number of amides is 1. The fourth-order valence-corrected chi connectivity index (χ4v) is 2.58. The summed E-state index contributed by atoms with van der Waals surface area (Å²) in [5.74, 6) is -0.362. The highest BCUT2D eigenvalue weighted by atomic mass is 16.5. The molecule has 21 heavy (non-hydrogen) atoms. The highest BCUT2D eigenvalue weighted by Crippen LogP contribution is 2.34. The first kappa shape index (κ1) is 13.4. The van der Waals surface area contributed by atoms with Crippen molar-refractivity contribution in [2.24, 2.45) is 0 Å². The van der Waals surface area contributed by atoms with Crippen molar-refractivity contribution < 1.29 is 14.3 Å². The number of para-hydroxylation sites is 1. The van der Waals surface area contributed by atoms with Crippen molar-refractivity contribution in [3.8, 4) is 0 Å². The first-order valence-corrected chi connectivity index (χ1v) is 6.80. The average molecular weight is 281 g/mol. The largest absolute Gasteiger partial charge is 0.465 e. The van der Waals surface area contributed by atoms with Crippen molar-refractivity contribution in [1.29, 1.82) is 0 Å². The number of anilines is 2. The molecule has 0 unspecified atom stereocenters. The number of hydrogen-bond donors (Lipinski definition) is 0. The molecule has 0 spiro atoms. The van der Waals surface area contributed by atoms with Crippen LogP contribution in [0.5, 0.6) is 0 Å². The highest BCUT2D eigenvalue weighted by Gasteiger charge is 2.26. The van der Waals surface area contributed by atoms with Gasteiger partial charge in [-0.2, -0.15) is 0 Å². The molecule has 1 amide bonds. The minimum absolute atomic E-state index is 0.0377. The molecule has 1 aliphatic rings. The summed E-state index contributed by atoms with van der Waals surface area (Å²) in [6.07, 6.45) is 1.17. The molecule has 4 nitrogen and oxygen atoms in total. The second kappa shape index (κ2) is 5.40. The molecular formula is C17H15NO3. The molecule has 1 heterocycles. The Hall–Kier alpha value is -2.62. The van der Waals surface area contributed by atoms with Gasteiger partial charge in [-0.15, -0.1) is 0 Å². The second-order valence-corrected chi connectivity index (χ2v) is 4.90. The lowest BCUT2D eigenvalue weighted by atomic mass is 9.98. The minimum atomic E-state index is -0.399. The topological polar surface area (TPSA) is 46.6 Å². The van der Waals surface area contributed by atoms with Crippen LogP contribution in [0.25, 0.3) is 0 Å². The number of fused-ring (bicyclic) bond motifs is 1. The van der Waals surface area contributed by atoms with Crippen LogP contribution in [0, 0.1) is 0 Å². The Morgan fingerprint density at radius 3 is 2.57 bits per heavy atom. The number of ether oxygens (including phenoxy) is 1. The van der Waals surface area contributed by atoms with E-state index in [4.69, 9.17) is 4.74 Å². The van der Waals surface area contributed by atoms with Gasteiger partial charge in [-0.3, -0.25) is 9.69 Å². The van der Waals surface area contributed by atoms with Gasteiger partial charge < -0.3 is 4.74 Å². The standard InChI is InChI=1S/C17H15NO3/c1-21-17(20)13-8-7-12-9-10-16(19)18(15(12)11-13)14-5-3-2-4-6-14/h2-8,11H,9-10H2,1H3. The molecule has 2 aromatic rings. The molecule has 2 aromatic carbocycles. The fraction of sp³-hybridized carbons (Fsp3) is 0.176. The SMILES string of the molecule is COC(=O)c1ccc2c(c1)N(c1ccccc1)C(=O)CC2. The molecule has 3 rings (SSSR count). The number of benzene rings is 2. The van der Waals surface area contributed by atoms with Gasteiger partial charge in [0.15, 0.2) is 0 Å². The molecule has 1 aliphatic heterocycles. The number of methoxy groups -OCH3 is 1.